The number of hydrogen-bond acceptors (Lipinski definition) is 4. The minimum atomic E-state index is -0.264. The van der Waals surface area contributed by atoms with Crippen LogP contribution in [-0.4, -0.2) is 18.2 Å². The summed E-state index contributed by atoms with van der Waals surface area (Å²) in [4.78, 5) is 24.8. The molecule has 0 unspecified atom stereocenters. The Kier molecular flexibility index (Phi) is 5.82. The normalized spacial score (nSPS) is 13.8. The van der Waals surface area contributed by atoms with Gasteiger partial charge in [0.15, 0.2) is 18.1 Å². The number of ketones is 2. The van der Waals surface area contributed by atoms with Gasteiger partial charge in [-0.3, -0.25) is 9.59 Å². The Morgan fingerprint density at radius 3 is 2.40 bits per heavy atom. The number of carbonyl (C=O) groups excluding carboxylic acids is 2. The van der Waals surface area contributed by atoms with Gasteiger partial charge < -0.3 is 9.47 Å². The van der Waals surface area contributed by atoms with E-state index in [1.165, 1.54) is 0 Å². The second kappa shape index (κ2) is 8.52. The van der Waals surface area contributed by atoms with Gasteiger partial charge in [0.1, 0.15) is 11.5 Å². The van der Waals surface area contributed by atoms with E-state index in [0.717, 1.165) is 0 Å². The molecule has 0 N–H and O–H groups in total. The first-order valence-corrected chi connectivity index (χ1v) is 9.99. The molecule has 3 aromatic carbocycles. The maximum Gasteiger partial charge on any atom is 0.231 e. The maximum atomic E-state index is 12.6. The van der Waals surface area contributed by atoms with Crippen LogP contribution in [0.25, 0.3) is 6.08 Å². The van der Waals surface area contributed by atoms with Gasteiger partial charge in [0, 0.05) is 26.7 Å². The van der Waals surface area contributed by atoms with Crippen LogP contribution in [0.4, 0.5) is 0 Å². The van der Waals surface area contributed by atoms with Crippen LogP contribution >= 0.6 is 34.8 Å². The summed E-state index contributed by atoms with van der Waals surface area (Å²) in [7, 11) is 0. The lowest BCUT2D eigenvalue weighted by Gasteiger charge is -2.07. The number of ether oxygens (including phenoxy) is 2. The molecule has 0 amide bonds. The van der Waals surface area contributed by atoms with Crippen LogP contribution < -0.4 is 9.47 Å². The summed E-state index contributed by atoms with van der Waals surface area (Å²) >= 11 is 17.9. The smallest absolute Gasteiger partial charge is 0.231 e. The largest absolute Gasteiger partial charge is 0.485 e. The lowest BCUT2D eigenvalue weighted by Crippen LogP contribution is -2.11. The van der Waals surface area contributed by atoms with E-state index in [1.807, 2.05) is 0 Å². The molecule has 0 saturated heterocycles. The molecular weight excluding hydrogens is 447 g/mol. The van der Waals surface area contributed by atoms with Crippen LogP contribution in [0, 0.1) is 0 Å². The second-order valence-corrected chi connectivity index (χ2v) is 7.76. The minimum Gasteiger partial charge on any atom is -0.485 e. The van der Waals surface area contributed by atoms with Gasteiger partial charge in [-0.05, 0) is 60.2 Å². The average molecular weight is 460 g/mol. The summed E-state index contributed by atoms with van der Waals surface area (Å²) in [6.45, 7) is -0.155. The quantitative estimate of drug-likeness (QED) is 0.322. The van der Waals surface area contributed by atoms with E-state index in [9.17, 15) is 9.59 Å². The molecule has 0 atom stereocenters. The summed E-state index contributed by atoms with van der Waals surface area (Å²) in [6.07, 6.45) is 1.56. The van der Waals surface area contributed by atoms with Crippen molar-refractivity contribution < 1.29 is 19.1 Å². The third-order valence-corrected chi connectivity index (χ3v) is 5.24. The van der Waals surface area contributed by atoms with Crippen LogP contribution in [0.5, 0.6) is 11.5 Å². The monoisotopic (exact) mass is 458 g/mol. The molecule has 150 valence electrons. The number of allylic oxidation sites excluding steroid dienone is 1. The zero-order valence-corrected chi connectivity index (χ0v) is 17.6. The number of hydrogen-bond donors (Lipinski definition) is 0. The molecular formula is C23H13Cl3O4. The lowest BCUT2D eigenvalue weighted by molar-refractivity contribution is 0.0921. The number of halogens is 3. The molecule has 0 fully saturated rings. The standard InChI is InChI=1S/C23H13Cl3O4/c24-15-4-1-13(2-5-15)20(27)12-29-17-7-8-18-21(11-17)30-22(23(18)28)9-14-3-6-16(25)10-19(14)26/h1-11H,12H2. The van der Waals surface area contributed by atoms with Crippen LogP contribution in [0.1, 0.15) is 26.3 Å². The highest BCUT2D eigenvalue weighted by Crippen LogP contribution is 2.35. The van der Waals surface area contributed by atoms with Crippen molar-refractivity contribution in [2.75, 3.05) is 6.61 Å². The van der Waals surface area contributed by atoms with Gasteiger partial charge >= 0.3 is 0 Å². The number of carbonyl (C=O) groups is 2. The summed E-state index contributed by atoms with van der Waals surface area (Å²) in [6, 6.07) is 16.3. The highest BCUT2D eigenvalue weighted by molar-refractivity contribution is 6.35. The number of Topliss-reactive ketones (excluding diaryl/α,β-unsaturated/α-hetero) is 2. The van der Waals surface area contributed by atoms with Crippen molar-refractivity contribution in [1.29, 1.82) is 0 Å². The number of fused-ring (bicyclic) bond motifs is 1. The third-order valence-electron chi connectivity index (χ3n) is 4.43. The summed E-state index contributed by atoms with van der Waals surface area (Å²) in [5.74, 6) is 0.452. The number of benzene rings is 3. The zero-order chi connectivity index (χ0) is 21.3. The van der Waals surface area contributed by atoms with E-state index in [0.29, 0.717) is 43.3 Å². The minimum absolute atomic E-state index is 0.142. The Bertz CT molecular complexity index is 1180. The van der Waals surface area contributed by atoms with Gasteiger partial charge in [0.2, 0.25) is 5.78 Å². The maximum absolute atomic E-state index is 12.6. The fourth-order valence-electron chi connectivity index (χ4n) is 2.88. The van der Waals surface area contributed by atoms with E-state index in [-0.39, 0.29) is 23.9 Å². The Labute approximate surface area is 187 Å². The summed E-state index contributed by atoms with van der Waals surface area (Å²) in [5, 5.41) is 1.46. The molecule has 4 rings (SSSR count). The van der Waals surface area contributed by atoms with Gasteiger partial charge in [0.25, 0.3) is 0 Å². The zero-order valence-electron chi connectivity index (χ0n) is 15.3. The second-order valence-electron chi connectivity index (χ2n) is 6.48. The lowest BCUT2D eigenvalue weighted by atomic mass is 10.1. The van der Waals surface area contributed by atoms with Crippen LogP contribution in [0.3, 0.4) is 0 Å². The molecule has 7 heteroatoms. The van der Waals surface area contributed by atoms with E-state index >= 15 is 0 Å². The molecule has 0 saturated carbocycles. The molecule has 1 aliphatic rings. The fourth-order valence-corrected chi connectivity index (χ4v) is 3.47. The van der Waals surface area contributed by atoms with E-state index in [4.69, 9.17) is 44.3 Å². The van der Waals surface area contributed by atoms with E-state index in [1.54, 1.807) is 66.7 Å². The molecule has 1 heterocycles. The van der Waals surface area contributed by atoms with Crippen LogP contribution in [0.2, 0.25) is 15.1 Å². The van der Waals surface area contributed by atoms with E-state index in [2.05, 4.69) is 0 Å². The molecule has 0 radical (unpaired) electrons. The van der Waals surface area contributed by atoms with E-state index < -0.39 is 0 Å². The highest BCUT2D eigenvalue weighted by atomic mass is 35.5. The first kappa shape index (κ1) is 20.5. The van der Waals surface area contributed by atoms with Crippen molar-refractivity contribution in [1.82, 2.24) is 0 Å². The molecule has 1 aliphatic heterocycles. The van der Waals surface area contributed by atoms with Gasteiger partial charge in [-0.25, -0.2) is 0 Å². The van der Waals surface area contributed by atoms with Crippen molar-refractivity contribution >= 4 is 52.4 Å². The molecule has 30 heavy (non-hydrogen) atoms. The van der Waals surface area contributed by atoms with Crippen molar-refractivity contribution in [3.05, 3.63) is 98.2 Å². The Hall–Kier alpha value is -2.79. The van der Waals surface area contributed by atoms with Gasteiger partial charge in [-0.15, -0.1) is 0 Å². The third kappa shape index (κ3) is 4.36. The average Bonchev–Trinajstić information content (AvgIpc) is 3.03. The van der Waals surface area contributed by atoms with Gasteiger partial charge in [-0.2, -0.15) is 0 Å². The van der Waals surface area contributed by atoms with Crippen molar-refractivity contribution in [2.24, 2.45) is 0 Å². The molecule has 0 bridgehead atoms. The molecule has 4 nitrogen and oxygen atoms in total. The Morgan fingerprint density at radius 2 is 1.67 bits per heavy atom. The predicted molar refractivity (Wildman–Crippen MR) is 117 cm³/mol. The highest BCUT2D eigenvalue weighted by Gasteiger charge is 2.28. The van der Waals surface area contributed by atoms with Crippen molar-refractivity contribution in [3.8, 4) is 11.5 Å². The van der Waals surface area contributed by atoms with Crippen molar-refractivity contribution in [2.45, 2.75) is 0 Å². The number of rotatable bonds is 5. The SMILES string of the molecule is O=C(COc1ccc2c(c1)OC(=Cc1ccc(Cl)cc1Cl)C2=O)c1ccc(Cl)cc1. The predicted octanol–water partition coefficient (Wildman–Crippen LogP) is 6.52. The Balaban J connectivity index is 1.48. The Morgan fingerprint density at radius 1 is 0.933 bits per heavy atom. The van der Waals surface area contributed by atoms with Gasteiger partial charge in [-0.1, -0.05) is 40.9 Å². The topological polar surface area (TPSA) is 52.6 Å². The fraction of sp³-hybridized carbons (Fsp3) is 0.0435. The first-order chi connectivity index (χ1) is 14.4. The summed E-state index contributed by atoms with van der Waals surface area (Å²) in [5.41, 5.74) is 1.52. The molecule has 3 aromatic rings. The molecule has 0 aromatic heterocycles. The van der Waals surface area contributed by atoms with Crippen LogP contribution in [0.15, 0.2) is 66.4 Å². The van der Waals surface area contributed by atoms with Crippen molar-refractivity contribution in [3.63, 3.8) is 0 Å². The summed E-state index contributed by atoms with van der Waals surface area (Å²) < 4.78 is 11.3. The first-order valence-electron chi connectivity index (χ1n) is 8.85. The molecule has 0 spiro atoms. The van der Waals surface area contributed by atoms with Gasteiger partial charge in [0.05, 0.1) is 5.56 Å². The van der Waals surface area contributed by atoms with Crippen LogP contribution in [-0.2, 0) is 0 Å². The molecule has 0 aliphatic carbocycles.